The molecule has 16 heteroatoms. The molecule has 2 aliphatic heterocycles. The van der Waals surface area contributed by atoms with E-state index in [0.717, 1.165) is 43.0 Å². The van der Waals surface area contributed by atoms with Crippen LogP contribution in [0.2, 0.25) is 0 Å². The normalized spacial score (nSPS) is 16.1. The van der Waals surface area contributed by atoms with Crippen LogP contribution in [-0.2, 0) is 29.4 Å². The summed E-state index contributed by atoms with van der Waals surface area (Å²) >= 11 is 0. The fourth-order valence-corrected chi connectivity index (χ4v) is 5.73. The predicted molar refractivity (Wildman–Crippen MR) is 156 cm³/mol. The summed E-state index contributed by atoms with van der Waals surface area (Å²) in [6.45, 7) is 4.65. The predicted octanol–water partition coefficient (Wildman–Crippen LogP) is 1.63. The Labute approximate surface area is 256 Å². The molecule has 13 nitrogen and oxygen atoms in total. The number of carbonyl (C=O) groups excluding carboxylic acids is 4. The van der Waals surface area contributed by atoms with Crippen LogP contribution in [0.25, 0.3) is 11.3 Å². The number of piperazine rings is 1. The third kappa shape index (κ3) is 6.84. The van der Waals surface area contributed by atoms with Crippen LogP contribution in [0.4, 0.5) is 18.9 Å². The third-order valence-electron chi connectivity index (χ3n) is 8.10. The minimum atomic E-state index is -4.83. The molecule has 0 atom stereocenters. The summed E-state index contributed by atoms with van der Waals surface area (Å²) in [7, 11) is 1.38. The Morgan fingerprint density at radius 1 is 1.07 bits per heavy atom. The molecule has 2 aliphatic rings. The van der Waals surface area contributed by atoms with Crippen molar-refractivity contribution in [1.29, 1.82) is 0 Å². The first-order valence-corrected chi connectivity index (χ1v) is 14.5. The van der Waals surface area contributed by atoms with Gasteiger partial charge in [-0.3, -0.25) is 23.9 Å². The minimum Gasteiger partial charge on any atom is -0.368 e. The summed E-state index contributed by atoms with van der Waals surface area (Å²) in [6.07, 6.45) is -1.05. The summed E-state index contributed by atoms with van der Waals surface area (Å²) in [5, 5.41) is 9.39. The Morgan fingerprint density at radius 3 is 2.36 bits per heavy atom. The first-order valence-electron chi connectivity index (χ1n) is 14.5. The lowest BCUT2D eigenvalue weighted by molar-refractivity contribution is -0.141. The van der Waals surface area contributed by atoms with Crippen molar-refractivity contribution >= 4 is 29.3 Å². The molecule has 240 valence electrons. The Morgan fingerprint density at radius 2 is 1.73 bits per heavy atom. The summed E-state index contributed by atoms with van der Waals surface area (Å²) in [5.41, 5.74) is 4.88. The Balaban J connectivity index is 1.24. The molecule has 4 amide bonds. The lowest BCUT2D eigenvalue weighted by atomic mass is 9.96. The van der Waals surface area contributed by atoms with E-state index in [1.807, 2.05) is 4.90 Å². The lowest BCUT2D eigenvalue weighted by Crippen LogP contribution is -2.52. The minimum absolute atomic E-state index is 0.0282. The van der Waals surface area contributed by atoms with Gasteiger partial charge in [-0.2, -0.15) is 18.3 Å². The van der Waals surface area contributed by atoms with Crippen molar-refractivity contribution in [3.63, 3.8) is 0 Å². The number of alkyl halides is 3. The van der Waals surface area contributed by atoms with Crippen molar-refractivity contribution in [2.24, 2.45) is 18.7 Å². The van der Waals surface area contributed by atoms with Crippen LogP contribution < -0.4 is 16.4 Å². The number of hydrogen-bond donors (Lipinski definition) is 3. The maximum atomic E-state index is 13.7. The van der Waals surface area contributed by atoms with E-state index in [1.54, 1.807) is 30.0 Å². The van der Waals surface area contributed by atoms with Gasteiger partial charge in [-0.1, -0.05) is 0 Å². The first-order chi connectivity index (χ1) is 21.3. The highest BCUT2D eigenvalue weighted by atomic mass is 19.4. The topological polar surface area (TPSA) is 160 Å². The number of halogens is 3. The van der Waals surface area contributed by atoms with E-state index in [-0.39, 0.29) is 34.8 Å². The van der Waals surface area contributed by atoms with Crippen LogP contribution >= 0.6 is 0 Å². The van der Waals surface area contributed by atoms with Crippen LogP contribution in [-0.4, -0.2) is 92.0 Å². The molecule has 0 bridgehead atoms. The third-order valence-corrected chi connectivity index (χ3v) is 8.10. The number of imidazole rings is 1. The summed E-state index contributed by atoms with van der Waals surface area (Å²) < 4.78 is 43.0. The second kappa shape index (κ2) is 12.7. The Kier molecular flexibility index (Phi) is 8.95. The number of aromatic nitrogens is 4. The highest BCUT2D eigenvalue weighted by Crippen LogP contribution is 2.36. The molecule has 5 rings (SSSR count). The van der Waals surface area contributed by atoms with Gasteiger partial charge in [-0.25, -0.2) is 4.98 Å². The van der Waals surface area contributed by atoms with E-state index < -0.39 is 30.2 Å². The number of benzene rings is 1. The van der Waals surface area contributed by atoms with E-state index >= 15 is 0 Å². The lowest BCUT2D eigenvalue weighted by Gasteiger charge is -2.37. The Bertz CT molecular complexity index is 1620. The zero-order valence-corrected chi connectivity index (χ0v) is 24.9. The summed E-state index contributed by atoms with van der Waals surface area (Å²) in [6, 6.07) is 4.79. The monoisotopic (exact) mass is 629 g/mol. The highest BCUT2D eigenvalue weighted by Gasteiger charge is 2.39. The van der Waals surface area contributed by atoms with E-state index in [1.165, 1.54) is 11.6 Å². The van der Waals surface area contributed by atoms with Gasteiger partial charge < -0.3 is 30.7 Å². The maximum Gasteiger partial charge on any atom is 0.435 e. The molecule has 0 spiro atoms. The van der Waals surface area contributed by atoms with E-state index in [4.69, 9.17) is 5.73 Å². The van der Waals surface area contributed by atoms with Gasteiger partial charge in [-0.15, -0.1) is 0 Å². The highest BCUT2D eigenvalue weighted by molar-refractivity contribution is 6.03. The molecule has 1 aromatic carbocycles. The van der Waals surface area contributed by atoms with Crippen molar-refractivity contribution in [3.05, 3.63) is 53.2 Å². The largest absolute Gasteiger partial charge is 0.435 e. The van der Waals surface area contributed by atoms with Crippen LogP contribution in [0, 0.1) is 12.8 Å². The fourth-order valence-electron chi connectivity index (χ4n) is 5.73. The molecule has 4 N–H and O–H groups in total. The molecule has 4 heterocycles. The molecule has 0 saturated carbocycles. The molecule has 0 aliphatic carbocycles. The summed E-state index contributed by atoms with van der Waals surface area (Å²) in [5.74, 6) is -1.72. The van der Waals surface area contributed by atoms with Crippen molar-refractivity contribution < 1.29 is 32.3 Å². The quantitative estimate of drug-likeness (QED) is 0.358. The van der Waals surface area contributed by atoms with Crippen LogP contribution in [0.1, 0.15) is 45.1 Å². The fraction of sp³-hybridized carbons (Fsp3) is 0.448. The molecule has 0 unspecified atom stereocenters. The maximum absolute atomic E-state index is 13.7. The second-order valence-corrected chi connectivity index (χ2v) is 11.2. The summed E-state index contributed by atoms with van der Waals surface area (Å²) in [4.78, 5) is 58.0. The van der Waals surface area contributed by atoms with Gasteiger partial charge in [0.2, 0.25) is 11.8 Å². The van der Waals surface area contributed by atoms with E-state index in [0.29, 0.717) is 43.0 Å². The molecule has 45 heavy (non-hydrogen) atoms. The number of rotatable bonds is 7. The molecular weight excluding hydrogens is 595 g/mol. The number of nitrogens with two attached hydrogens (primary N) is 1. The van der Waals surface area contributed by atoms with Crippen molar-refractivity contribution in [3.8, 4) is 11.3 Å². The molecule has 2 fully saturated rings. The van der Waals surface area contributed by atoms with Crippen LogP contribution in [0.5, 0.6) is 0 Å². The smallest absolute Gasteiger partial charge is 0.368 e. The average molecular weight is 630 g/mol. The van der Waals surface area contributed by atoms with E-state index in [2.05, 4.69) is 20.7 Å². The van der Waals surface area contributed by atoms with Gasteiger partial charge in [0.1, 0.15) is 6.54 Å². The number of piperidine rings is 1. The number of aryl methyl sites for hydroxylation is 1. The van der Waals surface area contributed by atoms with Crippen LogP contribution in [0.3, 0.4) is 0 Å². The zero-order valence-electron chi connectivity index (χ0n) is 24.9. The molecule has 2 saturated heterocycles. The number of amides is 4. The van der Waals surface area contributed by atoms with Crippen molar-refractivity contribution in [2.45, 2.75) is 32.5 Å². The SMILES string of the molecule is Cc1cc(NC(=O)c2ncc(-c3cn(CC(N)=O)nc3C(F)(F)F)n2C)ccc1C(=O)N1CCN(C(=O)C2CCNCC2)CC1. The first kappa shape index (κ1) is 31.7. The number of hydrogen-bond acceptors (Lipinski definition) is 7. The number of nitrogens with zero attached hydrogens (tertiary/aromatic N) is 6. The van der Waals surface area contributed by atoms with Crippen LogP contribution in [0.15, 0.2) is 30.6 Å². The van der Waals surface area contributed by atoms with Gasteiger partial charge in [0.15, 0.2) is 11.5 Å². The van der Waals surface area contributed by atoms with Gasteiger partial charge in [0.05, 0.1) is 17.5 Å². The average Bonchev–Trinajstić information content (AvgIpc) is 3.60. The number of anilines is 1. The molecular formula is C29H34F3N9O4. The number of primary amides is 1. The molecule has 2 aromatic heterocycles. The van der Waals surface area contributed by atoms with Gasteiger partial charge in [0, 0.05) is 56.6 Å². The number of carbonyl (C=O) groups is 4. The van der Waals surface area contributed by atoms with Crippen molar-refractivity contribution in [2.75, 3.05) is 44.6 Å². The van der Waals surface area contributed by atoms with Gasteiger partial charge in [-0.05, 0) is 56.6 Å². The zero-order chi connectivity index (χ0) is 32.5. The standard InChI is InChI=1S/C29H34F3N9O4/c1-17-13-19(3-4-20(17)28(45)40-11-9-39(10-12-40)27(44)18-5-7-34-8-6-18)36-26(43)25-35-14-22(38(25)2)21-15-41(16-23(33)42)37-24(21)29(30,31)32/h3-4,13-15,18,34H,5-12,16H2,1-2H3,(H2,33,42)(H,36,43). The molecule has 3 aromatic rings. The van der Waals surface area contributed by atoms with Gasteiger partial charge in [0.25, 0.3) is 11.8 Å². The van der Waals surface area contributed by atoms with Gasteiger partial charge >= 0.3 is 6.18 Å². The molecule has 0 radical (unpaired) electrons. The van der Waals surface area contributed by atoms with E-state index in [9.17, 15) is 32.3 Å². The van der Waals surface area contributed by atoms with Crippen molar-refractivity contribution in [1.82, 2.24) is 34.4 Å². The Hall–Kier alpha value is -4.73. The second-order valence-electron chi connectivity index (χ2n) is 11.2. The number of nitrogens with one attached hydrogen (secondary N) is 2.